The Labute approximate surface area is 78.8 Å². The summed E-state index contributed by atoms with van der Waals surface area (Å²) in [4.78, 5) is 0. The average Bonchev–Trinajstić information content (AvgIpc) is 2.03. The molecule has 0 radical (unpaired) electrons. The van der Waals surface area contributed by atoms with E-state index >= 15 is 0 Å². The van der Waals surface area contributed by atoms with Gasteiger partial charge >= 0.3 is 0 Å². The molecule has 0 spiro atoms. The van der Waals surface area contributed by atoms with E-state index in [-0.39, 0.29) is 0 Å². The van der Waals surface area contributed by atoms with Gasteiger partial charge in [-0.25, -0.2) is 8.42 Å². The van der Waals surface area contributed by atoms with E-state index < -0.39 is 10.0 Å². The van der Waals surface area contributed by atoms with E-state index in [0.29, 0.717) is 5.69 Å². The first-order chi connectivity index (χ1) is 6.01. The van der Waals surface area contributed by atoms with E-state index in [9.17, 15) is 8.42 Å². The van der Waals surface area contributed by atoms with Crippen molar-refractivity contribution in [2.24, 2.45) is 0 Å². The Hall–Kier alpha value is -1.03. The number of hydrogen-bond acceptors (Lipinski definition) is 2. The first kappa shape index (κ1) is 10.1. The molecule has 0 aromatic heterocycles. The molecule has 0 aliphatic carbocycles. The van der Waals surface area contributed by atoms with Crippen LogP contribution < -0.4 is 4.72 Å². The monoisotopic (exact) mass is 199 g/mol. The van der Waals surface area contributed by atoms with E-state index in [1.807, 2.05) is 12.1 Å². The molecule has 0 aliphatic rings. The smallest absolute Gasteiger partial charge is 0.229 e. The molecule has 0 heterocycles. The second-order valence-electron chi connectivity index (χ2n) is 2.92. The molecule has 0 unspecified atom stereocenters. The summed E-state index contributed by atoms with van der Waals surface area (Å²) in [7, 11) is -3.15. The molecular weight excluding hydrogens is 186 g/mol. The summed E-state index contributed by atoms with van der Waals surface area (Å²) in [5.41, 5.74) is 1.80. The van der Waals surface area contributed by atoms with Crippen molar-refractivity contribution in [3.8, 4) is 0 Å². The molecule has 0 bridgehead atoms. The molecule has 13 heavy (non-hydrogen) atoms. The standard InChI is InChI=1S/C9H13NO2S/c1-3-8-4-6-9(7-5-8)10-13(2,11)12/h4-7,10H,3H2,1-2H3. The molecule has 0 saturated carbocycles. The summed E-state index contributed by atoms with van der Waals surface area (Å²) >= 11 is 0. The van der Waals surface area contributed by atoms with Crippen molar-refractivity contribution in [1.29, 1.82) is 0 Å². The second kappa shape index (κ2) is 3.79. The number of anilines is 1. The van der Waals surface area contributed by atoms with Crippen LogP contribution in [0.1, 0.15) is 12.5 Å². The lowest BCUT2D eigenvalue weighted by Gasteiger charge is -2.03. The predicted octanol–water partition coefficient (Wildman–Crippen LogP) is 1.62. The number of aryl methyl sites for hydroxylation is 1. The van der Waals surface area contributed by atoms with Crippen LogP contribution in [-0.4, -0.2) is 14.7 Å². The minimum atomic E-state index is -3.15. The lowest BCUT2D eigenvalue weighted by molar-refractivity contribution is 0.607. The van der Waals surface area contributed by atoms with Gasteiger partial charge in [-0.2, -0.15) is 0 Å². The molecule has 1 aromatic rings. The normalized spacial score (nSPS) is 11.2. The molecule has 3 nitrogen and oxygen atoms in total. The number of sulfonamides is 1. The van der Waals surface area contributed by atoms with Gasteiger partial charge < -0.3 is 0 Å². The summed E-state index contributed by atoms with van der Waals surface area (Å²) in [6.45, 7) is 2.05. The highest BCUT2D eigenvalue weighted by molar-refractivity contribution is 7.92. The maximum absolute atomic E-state index is 10.8. The van der Waals surface area contributed by atoms with Crippen molar-refractivity contribution in [3.05, 3.63) is 29.8 Å². The lowest BCUT2D eigenvalue weighted by atomic mass is 10.2. The van der Waals surface area contributed by atoms with Gasteiger partial charge in [0, 0.05) is 5.69 Å². The molecule has 0 atom stereocenters. The van der Waals surface area contributed by atoms with Crippen LogP contribution in [0, 0.1) is 0 Å². The third kappa shape index (κ3) is 3.46. The predicted molar refractivity (Wildman–Crippen MR) is 54.3 cm³/mol. The van der Waals surface area contributed by atoms with Crippen LogP contribution in [0.25, 0.3) is 0 Å². The van der Waals surface area contributed by atoms with Gasteiger partial charge in [-0.3, -0.25) is 4.72 Å². The quantitative estimate of drug-likeness (QED) is 0.804. The Bertz CT molecular complexity index is 367. The van der Waals surface area contributed by atoms with Gasteiger partial charge in [0.2, 0.25) is 10.0 Å². The summed E-state index contributed by atoms with van der Waals surface area (Å²) < 4.78 is 24.1. The Morgan fingerprint density at radius 3 is 2.15 bits per heavy atom. The Morgan fingerprint density at radius 1 is 1.23 bits per heavy atom. The summed E-state index contributed by atoms with van der Waals surface area (Å²) in [5, 5.41) is 0. The molecular formula is C9H13NO2S. The fourth-order valence-corrected chi connectivity index (χ4v) is 1.59. The molecule has 0 amide bonds. The van der Waals surface area contributed by atoms with E-state index in [4.69, 9.17) is 0 Å². The van der Waals surface area contributed by atoms with E-state index in [1.165, 1.54) is 5.56 Å². The maximum atomic E-state index is 10.8. The van der Waals surface area contributed by atoms with Gasteiger partial charge in [0.1, 0.15) is 0 Å². The van der Waals surface area contributed by atoms with Crippen LogP contribution in [0.3, 0.4) is 0 Å². The zero-order valence-electron chi connectivity index (χ0n) is 7.74. The van der Waals surface area contributed by atoms with Crippen LogP contribution in [0.15, 0.2) is 24.3 Å². The molecule has 1 N–H and O–H groups in total. The molecule has 0 aliphatic heterocycles. The lowest BCUT2D eigenvalue weighted by Crippen LogP contribution is -2.09. The first-order valence-corrected chi connectivity index (χ1v) is 5.97. The number of nitrogens with one attached hydrogen (secondary N) is 1. The fraction of sp³-hybridized carbons (Fsp3) is 0.333. The highest BCUT2D eigenvalue weighted by Crippen LogP contribution is 2.10. The Balaban J connectivity index is 2.81. The van der Waals surface area contributed by atoms with Gasteiger partial charge in [-0.15, -0.1) is 0 Å². The third-order valence-corrected chi connectivity index (χ3v) is 2.27. The number of benzene rings is 1. The van der Waals surface area contributed by atoms with Gasteiger partial charge in [-0.1, -0.05) is 19.1 Å². The van der Waals surface area contributed by atoms with E-state index in [2.05, 4.69) is 11.6 Å². The first-order valence-electron chi connectivity index (χ1n) is 4.08. The summed E-state index contributed by atoms with van der Waals surface area (Å²) in [6, 6.07) is 7.35. The molecule has 4 heteroatoms. The van der Waals surface area contributed by atoms with Crippen LogP contribution in [0.5, 0.6) is 0 Å². The highest BCUT2D eigenvalue weighted by atomic mass is 32.2. The maximum Gasteiger partial charge on any atom is 0.229 e. The topological polar surface area (TPSA) is 46.2 Å². The number of hydrogen-bond donors (Lipinski definition) is 1. The second-order valence-corrected chi connectivity index (χ2v) is 4.67. The highest BCUT2D eigenvalue weighted by Gasteiger charge is 2.00. The fourth-order valence-electron chi connectivity index (χ4n) is 1.02. The molecule has 72 valence electrons. The summed E-state index contributed by atoms with van der Waals surface area (Å²) in [6.07, 6.45) is 2.10. The minimum absolute atomic E-state index is 0.611. The SMILES string of the molecule is CCc1ccc(NS(C)(=O)=O)cc1. The third-order valence-electron chi connectivity index (χ3n) is 1.67. The number of rotatable bonds is 3. The molecule has 0 fully saturated rings. The Morgan fingerprint density at radius 2 is 1.77 bits per heavy atom. The van der Waals surface area contributed by atoms with Gasteiger partial charge in [0.15, 0.2) is 0 Å². The van der Waals surface area contributed by atoms with Gasteiger partial charge in [0.25, 0.3) is 0 Å². The zero-order chi connectivity index (χ0) is 9.90. The average molecular weight is 199 g/mol. The van der Waals surface area contributed by atoms with Gasteiger partial charge in [-0.05, 0) is 24.1 Å². The molecule has 1 aromatic carbocycles. The van der Waals surface area contributed by atoms with Crippen molar-refractivity contribution in [2.45, 2.75) is 13.3 Å². The van der Waals surface area contributed by atoms with E-state index in [0.717, 1.165) is 12.7 Å². The van der Waals surface area contributed by atoms with Crippen molar-refractivity contribution in [2.75, 3.05) is 11.0 Å². The van der Waals surface area contributed by atoms with Crippen molar-refractivity contribution >= 4 is 15.7 Å². The van der Waals surface area contributed by atoms with Crippen molar-refractivity contribution in [3.63, 3.8) is 0 Å². The van der Waals surface area contributed by atoms with Crippen molar-refractivity contribution in [1.82, 2.24) is 0 Å². The largest absolute Gasteiger partial charge is 0.284 e. The van der Waals surface area contributed by atoms with E-state index in [1.54, 1.807) is 12.1 Å². The van der Waals surface area contributed by atoms with Crippen LogP contribution >= 0.6 is 0 Å². The van der Waals surface area contributed by atoms with Gasteiger partial charge in [0.05, 0.1) is 6.26 Å². The van der Waals surface area contributed by atoms with Crippen LogP contribution in [-0.2, 0) is 16.4 Å². The van der Waals surface area contributed by atoms with Crippen LogP contribution in [0.4, 0.5) is 5.69 Å². The molecule has 0 saturated heterocycles. The zero-order valence-corrected chi connectivity index (χ0v) is 8.56. The Kier molecular flexibility index (Phi) is 2.93. The van der Waals surface area contributed by atoms with Crippen molar-refractivity contribution < 1.29 is 8.42 Å². The molecule has 1 rings (SSSR count). The van der Waals surface area contributed by atoms with Crippen LogP contribution in [0.2, 0.25) is 0 Å². The minimum Gasteiger partial charge on any atom is -0.284 e. The summed E-state index contributed by atoms with van der Waals surface area (Å²) in [5.74, 6) is 0.